The minimum absolute atomic E-state index is 0.0112. The van der Waals surface area contributed by atoms with Gasteiger partial charge in [0, 0.05) is 18.1 Å². The van der Waals surface area contributed by atoms with E-state index >= 15 is 0 Å². The fourth-order valence-corrected chi connectivity index (χ4v) is 3.41. The normalized spacial score (nSPS) is 20.5. The van der Waals surface area contributed by atoms with Crippen LogP contribution in [0.3, 0.4) is 0 Å². The molecule has 23 heavy (non-hydrogen) atoms. The molecule has 0 radical (unpaired) electrons. The molecule has 4 nitrogen and oxygen atoms in total. The lowest BCUT2D eigenvalue weighted by Crippen LogP contribution is -2.49. The second-order valence-corrected chi connectivity index (χ2v) is 7.45. The maximum absolute atomic E-state index is 12.6. The number of hydrogen-bond donors (Lipinski definition) is 1. The molecule has 2 atom stereocenters. The van der Waals surface area contributed by atoms with E-state index in [4.69, 9.17) is 11.6 Å². The van der Waals surface area contributed by atoms with Crippen LogP contribution in [0.2, 0.25) is 5.02 Å². The van der Waals surface area contributed by atoms with Crippen molar-refractivity contribution >= 4 is 17.5 Å². The molecule has 1 heterocycles. The van der Waals surface area contributed by atoms with Crippen LogP contribution in [-0.2, 0) is 4.79 Å². The van der Waals surface area contributed by atoms with Crippen molar-refractivity contribution in [2.24, 2.45) is 0 Å². The van der Waals surface area contributed by atoms with Gasteiger partial charge in [0.25, 0.3) is 0 Å². The van der Waals surface area contributed by atoms with Crippen LogP contribution >= 0.6 is 11.6 Å². The lowest BCUT2D eigenvalue weighted by molar-refractivity contribution is -0.134. The van der Waals surface area contributed by atoms with Crippen molar-refractivity contribution in [3.05, 3.63) is 34.9 Å². The smallest absolute Gasteiger partial charge is 0.237 e. The highest BCUT2D eigenvalue weighted by Crippen LogP contribution is 2.27. The molecule has 0 saturated carbocycles. The van der Waals surface area contributed by atoms with Gasteiger partial charge in [0.2, 0.25) is 5.91 Å². The second-order valence-electron chi connectivity index (χ2n) is 7.01. The van der Waals surface area contributed by atoms with Gasteiger partial charge in [-0.05, 0) is 57.9 Å². The zero-order valence-corrected chi connectivity index (χ0v) is 15.2. The Morgan fingerprint density at radius 2 is 2.04 bits per heavy atom. The number of carbonyl (C=O) groups is 1. The monoisotopic (exact) mass is 338 g/mol. The van der Waals surface area contributed by atoms with Crippen LogP contribution in [0.25, 0.3) is 0 Å². The first-order valence-corrected chi connectivity index (χ1v) is 8.55. The molecule has 1 N–H and O–H groups in total. The first-order valence-electron chi connectivity index (χ1n) is 8.17. The molecule has 1 aliphatic heterocycles. The van der Waals surface area contributed by atoms with Crippen LogP contribution in [-0.4, -0.2) is 52.6 Å². The maximum Gasteiger partial charge on any atom is 0.237 e. The summed E-state index contributed by atoms with van der Waals surface area (Å²) in [6, 6.07) is 7.62. The third-order valence-corrected chi connectivity index (χ3v) is 5.10. The maximum atomic E-state index is 12.6. The van der Waals surface area contributed by atoms with E-state index in [1.807, 2.05) is 52.1 Å². The van der Waals surface area contributed by atoms with Crippen molar-refractivity contribution in [1.29, 1.82) is 0 Å². The van der Waals surface area contributed by atoms with Crippen molar-refractivity contribution in [2.45, 2.75) is 51.3 Å². The number of hydrogen-bond acceptors (Lipinski definition) is 3. The van der Waals surface area contributed by atoms with Crippen molar-refractivity contribution in [1.82, 2.24) is 9.80 Å². The second kappa shape index (κ2) is 7.20. The van der Waals surface area contributed by atoms with E-state index in [1.54, 1.807) is 4.90 Å². The molecular weight excluding hydrogens is 312 g/mol. The molecule has 128 valence electrons. The van der Waals surface area contributed by atoms with Gasteiger partial charge in [-0.2, -0.15) is 0 Å². The minimum atomic E-state index is -0.781. The summed E-state index contributed by atoms with van der Waals surface area (Å²) in [6.45, 7) is 6.87. The summed E-state index contributed by atoms with van der Waals surface area (Å²) in [5, 5.41) is 11.0. The lowest BCUT2D eigenvalue weighted by Gasteiger charge is -2.35. The Morgan fingerprint density at radius 3 is 2.61 bits per heavy atom. The van der Waals surface area contributed by atoms with E-state index in [2.05, 4.69) is 4.90 Å². The van der Waals surface area contributed by atoms with Gasteiger partial charge in [-0.1, -0.05) is 23.7 Å². The topological polar surface area (TPSA) is 43.8 Å². The number of rotatable bonds is 5. The summed E-state index contributed by atoms with van der Waals surface area (Å²) in [5.74, 6) is 0.0728. The quantitative estimate of drug-likeness (QED) is 0.897. The van der Waals surface area contributed by atoms with Crippen LogP contribution in [0.1, 0.15) is 45.2 Å². The Kier molecular flexibility index (Phi) is 5.71. The lowest BCUT2D eigenvalue weighted by atomic mass is 9.96. The summed E-state index contributed by atoms with van der Waals surface area (Å²) >= 11 is 5.92. The standard InChI is InChI=1S/C18H27ClN2O2/c1-13(14-7-9-15(19)10-8-14)20(4)17(22)12-21-11-5-6-16(21)18(2,3)23/h7-10,13,16,23H,5-6,11-12H2,1-4H3. The first-order chi connectivity index (χ1) is 10.7. The Labute approximate surface area is 144 Å². The summed E-state index contributed by atoms with van der Waals surface area (Å²) in [6.07, 6.45) is 1.96. The molecule has 0 spiro atoms. The largest absolute Gasteiger partial charge is 0.389 e. The number of likely N-dealkylation sites (N-methyl/N-ethyl adjacent to an activating group) is 1. The summed E-state index contributed by atoms with van der Waals surface area (Å²) in [4.78, 5) is 16.5. The number of aliphatic hydroxyl groups is 1. The van der Waals surface area contributed by atoms with Gasteiger partial charge in [0.05, 0.1) is 18.2 Å². The zero-order chi connectivity index (χ0) is 17.2. The summed E-state index contributed by atoms with van der Waals surface area (Å²) in [7, 11) is 1.83. The molecule has 0 aromatic heterocycles. The van der Waals surface area contributed by atoms with E-state index < -0.39 is 5.60 Å². The van der Waals surface area contributed by atoms with Gasteiger partial charge >= 0.3 is 0 Å². The SMILES string of the molecule is CC(c1ccc(Cl)cc1)N(C)C(=O)CN1CCCC1C(C)(C)O. The number of carbonyl (C=O) groups excluding carboxylic acids is 1. The van der Waals surface area contributed by atoms with Gasteiger partial charge in [-0.3, -0.25) is 9.69 Å². The molecule has 1 aliphatic rings. The number of halogens is 1. The summed E-state index contributed by atoms with van der Waals surface area (Å²) in [5.41, 5.74) is 0.280. The van der Waals surface area contributed by atoms with Crippen LogP contribution in [0, 0.1) is 0 Å². The molecule has 2 rings (SSSR count). The van der Waals surface area contributed by atoms with Gasteiger partial charge in [-0.15, -0.1) is 0 Å². The fraction of sp³-hybridized carbons (Fsp3) is 0.611. The van der Waals surface area contributed by atoms with E-state index in [0.29, 0.717) is 11.6 Å². The van der Waals surface area contributed by atoms with Crippen molar-refractivity contribution < 1.29 is 9.90 Å². The van der Waals surface area contributed by atoms with Crippen LogP contribution in [0.5, 0.6) is 0 Å². The molecule has 1 aromatic rings. The zero-order valence-electron chi connectivity index (χ0n) is 14.4. The molecule has 2 unspecified atom stereocenters. The Bertz CT molecular complexity index is 539. The molecule has 1 amide bonds. The number of likely N-dealkylation sites (tertiary alicyclic amines) is 1. The highest BCUT2D eigenvalue weighted by atomic mass is 35.5. The highest BCUT2D eigenvalue weighted by molar-refractivity contribution is 6.30. The number of benzene rings is 1. The predicted molar refractivity (Wildman–Crippen MR) is 93.5 cm³/mol. The summed E-state index contributed by atoms with van der Waals surface area (Å²) < 4.78 is 0. The van der Waals surface area contributed by atoms with E-state index in [9.17, 15) is 9.90 Å². The van der Waals surface area contributed by atoms with Crippen LogP contribution < -0.4 is 0 Å². The molecule has 1 saturated heterocycles. The van der Waals surface area contributed by atoms with Crippen LogP contribution in [0.4, 0.5) is 0 Å². The van der Waals surface area contributed by atoms with E-state index in [1.165, 1.54) is 0 Å². The Balaban J connectivity index is 2.00. The third-order valence-electron chi connectivity index (χ3n) is 4.84. The molecule has 5 heteroatoms. The predicted octanol–water partition coefficient (Wildman–Crippen LogP) is 3.09. The van der Waals surface area contributed by atoms with Crippen LogP contribution in [0.15, 0.2) is 24.3 Å². The van der Waals surface area contributed by atoms with Gasteiger partial charge < -0.3 is 10.0 Å². The minimum Gasteiger partial charge on any atom is -0.389 e. The molecule has 1 fully saturated rings. The van der Waals surface area contributed by atoms with Crippen molar-refractivity contribution in [2.75, 3.05) is 20.1 Å². The Hall–Kier alpha value is -1.10. The fourth-order valence-electron chi connectivity index (χ4n) is 3.28. The van der Waals surface area contributed by atoms with E-state index in [0.717, 1.165) is 24.9 Å². The van der Waals surface area contributed by atoms with E-state index in [-0.39, 0.29) is 18.0 Å². The number of nitrogens with zero attached hydrogens (tertiary/aromatic N) is 2. The molecular formula is C18H27ClN2O2. The Morgan fingerprint density at radius 1 is 1.43 bits per heavy atom. The highest BCUT2D eigenvalue weighted by Gasteiger charge is 2.37. The van der Waals surface area contributed by atoms with Gasteiger partial charge in [0.1, 0.15) is 0 Å². The van der Waals surface area contributed by atoms with Crippen molar-refractivity contribution in [3.63, 3.8) is 0 Å². The molecule has 1 aromatic carbocycles. The molecule has 0 aliphatic carbocycles. The number of amides is 1. The first kappa shape index (κ1) is 18.2. The van der Waals surface area contributed by atoms with Crippen molar-refractivity contribution in [3.8, 4) is 0 Å². The average molecular weight is 339 g/mol. The molecule has 0 bridgehead atoms. The van der Waals surface area contributed by atoms with Gasteiger partial charge in [-0.25, -0.2) is 0 Å². The van der Waals surface area contributed by atoms with Gasteiger partial charge in [0.15, 0.2) is 0 Å². The third kappa shape index (κ3) is 4.46. The average Bonchev–Trinajstić information content (AvgIpc) is 2.94.